The van der Waals surface area contributed by atoms with E-state index in [9.17, 15) is 9.59 Å². The molecule has 0 atom stereocenters. The highest BCUT2D eigenvalue weighted by molar-refractivity contribution is 6.41. The normalized spacial score (nSPS) is 14.8. The fraction of sp³-hybridized carbons (Fsp3) is 0.0256. The molecule has 0 radical (unpaired) electrons. The maximum atomic E-state index is 13.9. The summed E-state index contributed by atoms with van der Waals surface area (Å²) in [6.07, 6.45) is 6.10. The van der Waals surface area contributed by atoms with Gasteiger partial charge in [0.2, 0.25) is 0 Å². The van der Waals surface area contributed by atoms with Crippen molar-refractivity contribution >= 4 is 60.7 Å². The molecule has 0 amide bonds. The first-order valence-electron chi connectivity index (χ1n) is 14.0. The van der Waals surface area contributed by atoms with Crippen molar-refractivity contribution in [3.63, 3.8) is 0 Å². The maximum Gasteiger partial charge on any atom is 0.194 e. The monoisotopic (exact) mass is 520 g/mol. The number of carbonyl (C=O) groups excluding carboxylic acids is 2. The Bertz CT molecular complexity index is 2450. The van der Waals surface area contributed by atoms with Crippen LogP contribution in [0.3, 0.4) is 0 Å². The van der Waals surface area contributed by atoms with Gasteiger partial charge in [-0.25, -0.2) is 0 Å². The Balaban J connectivity index is 1.34. The summed E-state index contributed by atoms with van der Waals surface area (Å²) in [5.41, 5.74) is 9.32. The first-order chi connectivity index (χ1) is 20.1. The molecule has 0 saturated heterocycles. The van der Waals surface area contributed by atoms with Gasteiger partial charge in [-0.15, -0.1) is 0 Å². The van der Waals surface area contributed by atoms with Crippen LogP contribution in [0.2, 0.25) is 0 Å². The van der Waals surface area contributed by atoms with Crippen molar-refractivity contribution in [2.75, 3.05) is 0 Å². The van der Waals surface area contributed by atoms with E-state index >= 15 is 0 Å². The molecule has 41 heavy (non-hydrogen) atoms. The lowest BCUT2D eigenvalue weighted by atomic mass is 9.76. The lowest BCUT2D eigenvalue weighted by Gasteiger charge is -2.26. The molecule has 3 aliphatic carbocycles. The fourth-order valence-corrected chi connectivity index (χ4v) is 7.59. The van der Waals surface area contributed by atoms with Crippen molar-refractivity contribution < 1.29 is 9.59 Å². The molecule has 2 nitrogen and oxygen atoms in total. The van der Waals surface area contributed by atoms with Crippen LogP contribution in [0.4, 0.5) is 0 Å². The van der Waals surface area contributed by atoms with Crippen LogP contribution in [-0.2, 0) is 0 Å². The minimum atomic E-state index is 0.0546. The number of fused-ring (bicyclic) bond motifs is 6. The van der Waals surface area contributed by atoms with Crippen molar-refractivity contribution in [2.45, 2.75) is 5.92 Å². The first-order valence-corrected chi connectivity index (χ1v) is 14.0. The predicted octanol–water partition coefficient (Wildman–Crippen LogP) is 9.46. The van der Waals surface area contributed by atoms with E-state index in [0.717, 1.165) is 93.2 Å². The third-order valence-corrected chi connectivity index (χ3v) is 9.55. The number of hydrogen-bond acceptors (Lipinski definition) is 2. The van der Waals surface area contributed by atoms with Crippen LogP contribution in [0.1, 0.15) is 48.9 Å². The molecule has 188 valence electrons. The highest BCUT2D eigenvalue weighted by Crippen LogP contribution is 2.50. The van der Waals surface area contributed by atoms with Crippen molar-refractivity contribution in [3.8, 4) is 22.3 Å². The molecule has 7 aromatic rings. The van der Waals surface area contributed by atoms with Crippen LogP contribution in [0, 0.1) is 0 Å². The Morgan fingerprint density at radius 2 is 0.927 bits per heavy atom. The number of hydrogen-bond donors (Lipinski definition) is 0. The topological polar surface area (TPSA) is 34.1 Å². The van der Waals surface area contributed by atoms with Crippen LogP contribution in [0.5, 0.6) is 0 Å². The molecule has 0 aliphatic heterocycles. The molecule has 10 rings (SSSR count). The van der Waals surface area contributed by atoms with E-state index in [4.69, 9.17) is 0 Å². The maximum absolute atomic E-state index is 13.9. The van der Waals surface area contributed by atoms with Gasteiger partial charge < -0.3 is 0 Å². The van der Waals surface area contributed by atoms with E-state index in [0.29, 0.717) is 5.92 Å². The Morgan fingerprint density at radius 1 is 0.463 bits per heavy atom. The number of ketones is 2. The fourth-order valence-electron chi connectivity index (χ4n) is 7.59. The summed E-state index contributed by atoms with van der Waals surface area (Å²) in [6, 6.07) is 29.4. The molecule has 0 bridgehead atoms. The standard InChI is InChI=1S/C39H20O2/c1-2-19-3-7-22-24-9-11-26-27-12-10-25-23-8-6-21(20-4-5-20)18-33(23)39(41)31-16-14-29(35(27)37(25)31)28-13-15-30(36(24)34(26)28)38(40)32(22)17-19/h2-18,20H,1H2. The predicted molar refractivity (Wildman–Crippen MR) is 167 cm³/mol. The molecular formula is C39H20O2. The van der Waals surface area contributed by atoms with Gasteiger partial charge in [-0.05, 0) is 90.0 Å². The molecule has 0 fully saturated rings. The van der Waals surface area contributed by atoms with Gasteiger partial charge in [-0.2, -0.15) is 0 Å². The van der Waals surface area contributed by atoms with E-state index in [1.807, 2.05) is 30.3 Å². The Labute approximate surface area is 235 Å². The van der Waals surface area contributed by atoms with Crippen molar-refractivity contribution in [1.29, 1.82) is 0 Å². The number of carbonyl (C=O) groups is 2. The minimum absolute atomic E-state index is 0.0546. The second-order valence-corrected chi connectivity index (χ2v) is 11.5. The summed E-state index contributed by atoms with van der Waals surface area (Å²) in [5, 5.41) is 8.76. The van der Waals surface area contributed by atoms with Gasteiger partial charge in [0.1, 0.15) is 0 Å². The summed E-state index contributed by atoms with van der Waals surface area (Å²) in [5.74, 6) is 0.501. The quantitative estimate of drug-likeness (QED) is 0.129. The molecule has 0 heterocycles. The second kappa shape index (κ2) is 7.04. The van der Waals surface area contributed by atoms with Crippen LogP contribution in [0.25, 0.3) is 71.4 Å². The Hall–Kier alpha value is -5.34. The largest absolute Gasteiger partial charge is 0.289 e. The SMILES string of the molecule is C=Cc1ccc2c(c1)C(=O)c1ccc3c4ccc5c6c(ccc(c7ccc-2c1c37)c64)-c1ccc(C2C=C2)cc1C5=O. The van der Waals surface area contributed by atoms with Gasteiger partial charge in [-0.1, -0.05) is 85.5 Å². The van der Waals surface area contributed by atoms with Gasteiger partial charge in [-0.3, -0.25) is 9.59 Å². The Kier molecular flexibility index (Phi) is 3.69. The Morgan fingerprint density at radius 3 is 1.44 bits per heavy atom. The molecule has 0 spiro atoms. The summed E-state index contributed by atoms with van der Waals surface area (Å²) in [4.78, 5) is 27.7. The smallest absolute Gasteiger partial charge is 0.194 e. The molecule has 3 aliphatic rings. The summed E-state index contributed by atoms with van der Waals surface area (Å²) in [6.45, 7) is 3.89. The van der Waals surface area contributed by atoms with Gasteiger partial charge in [0.25, 0.3) is 0 Å². The lowest BCUT2D eigenvalue weighted by molar-refractivity contribution is 0.103. The average molecular weight is 521 g/mol. The van der Waals surface area contributed by atoms with E-state index in [2.05, 4.69) is 73.3 Å². The molecule has 7 aromatic carbocycles. The van der Waals surface area contributed by atoms with Crippen molar-refractivity contribution in [1.82, 2.24) is 0 Å². The number of benzene rings is 7. The van der Waals surface area contributed by atoms with Crippen molar-refractivity contribution in [2.24, 2.45) is 0 Å². The zero-order valence-electron chi connectivity index (χ0n) is 21.9. The van der Waals surface area contributed by atoms with E-state index in [1.54, 1.807) is 6.08 Å². The first kappa shape index (κ1) is 21.5. The third-order valence-electron chi connectivity index (χ3n) is 9.55. The average Bonchev–Trinajstić information content (AvgIpc) is 3.87. The van der Waals surface area contributed by atoms with Gasteiger partial charge >= 0.3 is 0 Å². The lowest BCUT2D eigenvalue weighted by Crippen LogP contribution is -2.12. The highest BCUT2D eigenvalue weighted by atomic mass is 16.1. The van der Waals surface area contributed by atoms with Crippen LogP contribution >= 0.6 is 0 Å². The molecule has 0 unspecified atom stereocenters. The summed E-state index contributed by atoms with van der Waals surface area (Å²) >= 11 is 0. The number of allylic oxidation sites excluding steroid dienone is 2. The van der Waals surface area contributed by atoms with Crippen LogP contribution < -0.4 is 0 Å². The summed E-state index contributed by atoms with van der Waals surface area (Å²) in [7, 11) is 0. The zero-order chi connectivity index (χ0) is 27.1. The van der Waals surface area contributed by atoms with E-state index in [-0.39, 0.29) is 11.6 Å². The molecule has 0 N–H and O–H groups in total. The molecule has 2 heteroatoms. The highest BCUT2D eigenvalue weighted by Gasteiger charge is 2.31. The zero-order valence-corrected chi connectivity index (χ0v) is 21.9. The molecule has 0 aromatic heterocycles. The molecular weight excluding hydrogens is 500 g/mol. The second-order valence-electron chi connectivity index (χ2n) is 11.5. The van der Waals surface area contributed by atoms with E-state index in [1.165, 1.54) is 5.56 Å². The third kappa shape index (κ3) is 2.50. The van der Waals surface area contributed by atoms with Gasteiger partial charge in [0.15, 0.2) is 11.6 Å². The van der Waals surface area contributed by atoms with Gasteiger partial charge in [0.05, 0.1) is 0 Å². The molecule has 0 saturated carbocycles. The summed E-state index contributed by atoms with van der Waals surface area (Å²) < 4.78 is 0. The van der Waals surface area contributed by atoms with Crippen molar-refractivity contribution in [3.05, 3.63) is 137 Å². The van der Waals surface area contributed by atoms with E-state index < -0.39 is 0 Å². The number of rotatable bonds is 2. The minimum Gasteiger partial charge on any atom is -0.289 e. The van der Waals surface area contributed by atoms with Crippen LogP contribution in [0.15, 0.2) is 104 Å². The van der Waals surface area contributed by atoms with Crippen LogP contribution in [-0.4, -0.2) is 11.6 Å². The van der Waals surface area contributed by atoms with Gasteiger partial charge in [0, 0.05) is 38.9 Å².